The number of carbonyl (C=O) groups is 1. The monoisotopic (exact) mass is 228 g/mol. The number of hydrogen-bond acceptors (Lipinski definition) is 2. The number of ketones is 1. The van der Waals surface area contributed by atoms with Crippen LogP contribution in [0.1, 0.15) is 33.9 Å². The van der Waals surface area contributed by atoms with Crippen molar-refractivity contribution in [2.24, 2.45) is 0 Å². The number of Topliss-reactive ketones (excluding diaryl/α,β-unsaturated/α-hetero) is 1. The highest BCUT2D eigenvalue weighted by Gasteiger charge is 2.12. The van der Waals surface area contributed by atoms with E-state index in [2.05, 4.69) is 0 Å². The van der Waals surface area contributed by atoms with Gasteiger partial charge in [0.2, 0.25) is 0 Å². The lowest BCUT2D eigenvalue weighted by atomic mass is 10.0. The minimum Gasteiger partial charge on any atom is -0.466 e. The van der Waals surface area contributed by atoms with E-state index in [1.807, 2.05) is 50.2 Å². The maximum Gasteiger partial charge on any atom is 0.166 e. The van der Waals surface area contributed by atoms with Crippen LogP contribution in [-0.4, -0.2) is 5.78 Å². The highest BCUT2D eigenvalue weighted by atomic mass is 16.3. The lowest BCUT2D eigenvalue weighted by Crippen LogP contribution is -2.01. The van der Waals surface area contributed by atoms with E-state index in [-0.39, 0.29) is 5.78 Å². The molecule has 0 amide bonds. The molecule has 0 saturated heterocycles. The average molecular weight is 228 g/mol. The SMILES string of the molecule is Cc1cc(C(=O)CCc2ccccc2)c(C)o1. The largest absolute Gasteiger partial charge is 0.466 e. The summed E-state index contributed by atoms with van der Waals surface area (Å²) in [6.07, 6.45) is 1.31. The Hall–Kier alpha value is -1.83. The van der Waals surface area contributed by atoms with Gasteiger partial charge >= 0.3 is 0 Å². The zero-order valence-corrected chi connectivity index (χ0v) is 10.2. The van der Waals surface area contributed by atoms with Crippen molar-refractivity contribution in [3.63, 3.8) is 0 Å². The average Bonchev–Trinajstić information content (AvgIpc) is 2.67. The molecular weight excluding hydrogens is 212 g/mol. The molecule has 0 fully saturated rings. The predicted molar refractivity (Wildman–Crippen MR) is 67.3 cm³/mol. The van der Waals surface area contributed by atoms with Crippen LogP contribution >= 0.6 is 0 Å². The van der Waals surface area contributed by atoms with E-state index in [4.69, 9.17) is 4.42 Å². The van der Waals surface area contributed by atoms with E-state index < -0.39 is 0 Å². The Labute approximate surface area is 101 Å². The van der Waals surface area contributed by atoms with Crippen LogP contribution in [0, 0.1) is 13.8 Å². The van der Waals surface area contributed by atoms with Crippen LogP contribution in [0.25, 0.3) is 0 Å². The minimum atomic E-state index is 0.156. The van der Waals surface area contributed by atoms with Gasteiger partial charge in [0.15, 0.2) is 5.78 Å². The van der Waals surface area contributed by atoms with Crippen LogP contribution in [-0.2, 0) is 6.42 Å². The smallest absolute Gasteiger partial charge is 0.166 e. The topological polar surface area (TPSA) is 30.2 Å². The molecular formula is C15H16O2. The number of carbonyl (C=O) groups excluding carboxylic acids is 1. The fourth-order valence-electron chi connectivity index (χ4n) is 1.94. The molecule has 0 aliphatic rings. The molecule has 0 spiro atoms. The van der Waals surface area contributed by atoms with Crippen molar-refractivity contribution in [1.82, 2.24) is 0 Å². The van der Waals surface area contributed by atoms with E-state index in [0.29, 0.717) is 6.42 Å². The van der Waals surface area contributed by atoms with E-state index in [1.54, 1.807) is 0 Å². The van der Waals surface area contributed by atoms with Gasteiger partial charge in [-0.2, -0.15) is 0 Å². The standard InChI is InChI=1S/C15H16O2/c1-11-10-14(12(2)17-11)15(16)9-8-13-6-4-3-5-7-13/h3-7,10H,8-9H2,1-2H3. The Bertz CT molecular complexity index is 509. The van der Waals surface area contributed by atoms with Gasteiger partial charge in [-0.1, -0.05) is 30.3 Å². The lowest BCUT2D eigenvalue weighted by molar-refractivity contribution is 0.0981. The van der Waals surface area contributed by atoms with Crippen LogP contribution < -0.4 is 0 Å². The van der Waals surface area contributed by atoms with Gasteiger partial charge in [-0.3, -0.25) is 4.79 Å². The van der Waals surface area contributed by atoms with E-state index >= 15 is 0 Å². The lowest BCUT2D eigenvalue weighted by Gasteiger charge is -2.00. The molecule has 2 aromatic rings. The minimum absolute atomic E-state index is 0.156. The number of aryl methyl sites for hydroxylation is 3. The first-order chi connectivity index (χ1) is 8.16. The third kappa shape index (κ3) is 2.84. The fourth-order valence-corrected chi connectivity index (χ4v) is 1.94. The molecule has 2 nitrogen and oxygen atoms in total. The van der Waals surface area contributed by atoms with Crippen LogP contribution in [0.15, 0.2) is 40.8 Å². The summed E-state index contributed by atoms with van der Waals surface area (Å²) in [5.41, 5.74) is 1.91. The van der Waals surface area contributed by atoms with Crippen LogP contribution in [0.3, 0.4) is 0 Å². The molecule has 1 aromatic heterocycles. The molecule has 0 saturated carbocycles. The summed E-state index contributed by atoms with van der Waals surface area (Å²) in [6, 6.07) is 11.9. The maximum absolute atomic E-state index is 12.0. The summed E-state index contributed by atoms with van der Waals surface area (Å²) in [6.45, 7) is 3.70. The molecule has 17 heavy (non-hydrogen) atoms. The molecule has 2 rings (SSSR count). The van der Waals surface area contributed by atoms with Crippen molar-refractivity contribution in [2.45, 2.75) is 26.7 Å². The number of benzene rings is 1. The second-order valence-corrected chi connectivity index (χ2v) is 4.24. The normalized spacial score (nSPS) is 10.5. The van der Waals surface area contributed by atoms with Crippen LogP contribution in [0.5, 0.6) is 0 Å². The van der Waals surface area contributed by atoms with Gasteiger partial charge in [0.1, 0.15) is 11.5 Å². The first-order valence-electron chi connectivity index (χ1n) is 5.81. The van der Waals surface area contributed by atoms with Gasteiger partial charge in [-0.05, 0) is 31.9 Å². The highest BCUT2D eigenvalue weighted by Crippen LogP contribution is 2.16. The first kappa shape index (κ1) is 11.6. The predicted octanol–water partition coefficient (Wildman–Crippen LogP) is 3.71. The summed E-state index contributed by atoms with van der Waals surface area (Å²) in [5.74, 6) is 1.68. The van der Waals surface area contributed by atoms with Gasteiger partial charge in [0.25, 0.3) is 0 Å². The van der Waals surface area contributed by atoms with Crippen molar-refractivity contribution >= 4 is 5.78 Å². The van der Waals surface area contributed by atoms with Gasteiger partial charge in [-0.25, -0.2) is 0 Å². The summed E-state index contributed by atoms with van der Waals surface area (Å²) in [7, 11) is 0. The van der Waals surface area contributed by atoms with Gasteiger partial charge in [0.05, 0.1) is 5.56 Å². The summed E-state index contributed by atoms with van der Waals surface area (Å²) >= 11 is 0. The molecule has 0 radical (unpaired) electrons. The fraction of sp³-hybridized carbons (Fsp3) is 0.267. The van der Waals surface area contributed by atoms with Crippen molar-refractivity contribution < 1.29 is 9.21 Å². The van der Waals surface area contributed by atoms with E-state index in [9.17, 15) is 4.79 Å². The molecule has 2 heteroatoms. The molecule has 0 N–H and O–H groups in total. The second kappa shape index (κ2) is 5.00. The zero-order chi connectivity index (χ0) is 12.3. The number of furan rings is 1. The van der Waals surface area contributed by atoms with Crippen LogP contribution in [0.2, 0.25) is 0 Å². The third-order valence-electron chi connectivity index (χ3n) is 2.82. The van der Waals surface area contributed by atoms with Gasteiger partial charge in [-0.15, -0.1) is 0 Å². The van der Waals surface area contributed by atoms with Crippen LogP contribution in [0.4, 0.5) is 0 Å². The Balaban J connectivity index is 2.01. The third-order valence-corrected chi connectivity index (χ3v) is 2.82. The number of rotatable bonds is 4. The highest BCUT2D eigenvalue weighted by molar-refractivity contribution is 5.97. The van der Waals surface area contributed by atoms with Crippen molar-refractivity contribution in [3.05, 3.63) is 59.0 Å². The molecule has 1 aromatic carbocycles. The Morgan fingerprint density at radius 1 is 1.18 bits per heavy atom. The van der Waals surface area contributed by atoms with Gasteiger partial charge in [0, 0.05) is 6.42 Å². The number of hydrogen-bond donors (Lipinski definition) is 0. The first-order valence-corrected chi connectivity index (χ1v) is 5.81. The maximum atomic E-state index is 12.0. The Kier molecular flexibility index (Phi) is 3.43. The molecule has 0 atom stereocenters. The van der Waals surface area contributed by atoms with Crippen molar-refractivity contribution in [1.29, 1.82) is 0 Å². The van der Waals surface area contributed by atoms with E-state index in [0.717, 1.165) is 23.5 Å². The molecule has 0 aliphatic carbocycles. The molecule has 1 heterocycles. The Morgan fingerprint density at radius 2 is 1.88 bits per heavy atom. The molecule has 0 bridgehead atoms. The Morgan fingerprint density at radius 3 is 2.47 bits per heavy atom. The summed E-state index contributed by atoms with van der Waals surface area (Å²) in [4.78, 5) is 12.0. The van der Waals surface area contributed by atoms with Crippen molar-refractivity contribution in [3.8, 4) is 0 Å². The quantitative estimate of drug-likeness (QED) is 0.747. The van der Waals surface area contributed by atoms with Crippen molar-refractivity contribution in [2.75, 3.05) is 0 Å². The molecule has 0 unspecified atom stereocenters. The van der Waals surface area contributed by atoms with Gasteiger partial charge < -0.3 is 4.42 Å². The summed E-state index contributed by atoms with van der Waals surface area (Å²) < 4.78 is 5.37. The second-order valence-electron chi connectivity index (χ2n) is 4.24. The van der Waals surface area contributed by atoms with E-state index in [1.165, 1.54) is 5.56 Å². The summed E-state index contributed by atoms with van der Waals surface area (Å²) in [5, 5.41) is 0. The zero-order valence-electron chi connectivity index (χ0n) is 10.2. The molecule has 88 valence electrons. The molecule has 0 aliphatic heterocycles.